The molecule has 5 nitrogen and oxygen atoms in total. The molecule has 0 aliphatic carbocycles. The minimum Gasteiger partial charge on any atom is -0.461 e. The van der Waals surface area contributed by atoms with Gasteiger partial charge in [0.1, 0.15) is 6.07 Å². The number of hydrogen-bond acceptors (Lipinski definition) is 4. The third-order valence-electron chi connectivity index (χ3n) is 1.93. The molecular formula is C10H7N3O2. The number of Topliss-reactive ketones (excluding diaryl/α,β-unsaturated/α-hetero) is 1. The van der Waals surface area contributed by atoms with Crippen LogP contribution < -0.4 is 0 Å². The van der Waals surface area contributed by atoms with Crippen LogP contribution in [0.1, 0.15) is 16.4 Å². The largest absolute Gasteiger partial charge is 0.461 e. The maximum atomic E-state index is 11.6. The Bertz CT molecular complexity index is 505. The molecule has 0 amide bonds. The average molecular weight is 201 g/mol. The molecule has 15 heavy (non-hydrogen) atoms. The first-order valence-electron chi connectivity index (χ1n) is 4.29. The van der Waals surface area contributed by atoms with Crippen molar-refractivity contribution < 1.29 is 9.21 Å². The molecule has 0 saturated carbocycles. The zero-order valence-electron chi connectivity index (χ0n) is 7.75. The van der Waals surface area contributed by atoms with Gasteiger partial charge in [-0.15, -0.1) is 0 Å². The Morgan fingerprint density at radius 1 is 1.67 bits per heavy atom. The zero-order chi connectivity index (χ0) is 10.7. The molecule has 0 aliphatic heterocycles. The summed E-state index contributed by atoms with van der Waals surface area (Å²) in [6.07, 6.45) is 4.50. The molecule has 0 unspecified atom stereocenters. The second kappa shape index (κ2) is 3.80. The summed E-state index contributed by atoms with van der Waals surface area (Å²) in [6, 6.07) is 5.13. The molecule has 2 aromatic heterocycles. The van der Waals surface area contributed by atoms with Crippen LogP contribution >= 0.6 is 0 Å². The number of nitriles is 1. The summed E-state index contributed by atoms with van der Waals surface area (Å²) in [5, 5.41) is 8.68. The summed E-state index contributed by atoms with van der Waals surface area (Å²) >= 11 is 0. The van der Waals surface area contributed by atoms with Crippen molar-refractivity contribution in [1.82, 2.24) is 9.55 Å². The van der Waals surface area contributed by atoms with E-state index in [0.29, 0.717) is 0 Å². The summed E-state index contributed by atoms with van der Waals surface area (Å²) in [6.45, 7) is 0.0659. The van der Waals surface area contributed by atoms with Gasteiger partial charge in [0.25, 0.3) is 0 Å². The summed E-state index contributed by atoms with van der Waals surface area (Å²) in [5.74, 6) is 0.317. The highest BCUT2D eigenvalue weighted by molar-refractivity contribution is 5.93. The standard InChI is InChI=1S/C10H7N3O2/c11-6-10-12-3-4-13(10)7-8(14)9-2-1-5-15-9/h1-5H,7H2. The molecule has 0 aromatic carbocycles. The zero-order valence-corrected chi connectivity index (χ0v) is 7.75. The summed E-state index contributed by atoms with van der Waals surface area (Å²) < 4.78 is 6.43. The van der Waals surface area contributed by atoms with Crippen LogP contribution in [-0.2, 0) is 6.54 Å². The Balaban J connectivity index is 2.17. The predicted molar refractivity (Wildman–Crippen MR) is 50.0 cm³/mol. The molecule has 0 saturated heterocycles. The Morgan fingerprint density at radius 3 is 3.20 bits per heavy atom. The van der Waals surface area contributed by atoms with E-state index in [1.807, 2.05) is 6.07 Å². The minimum absolute atomic E-state index is 0.0659. The second-order valence-corrected chi connectivity index (χ2v) is 2.89. The van der Waals surface area contributed by atoms with E-state index in [-0.39, 0.29) is 23.9 Å². The molecule has 2 aromatic rings. The molecule has 2 heterocycles. The van der Waals surface area contributed by atoms with Gasteiger partial charge in [-0.2, -0.15) is 5.26 Å². The molecule has 0 spiro atoms. The summed E-state index contributed by atoms with van der Waals surface area (Å²) in [7, 11) is 0. The lowest BCUT2D eigenvalue weighted by Crippen LogP contribution is -2.10. The van der Waals surface area contributed by atoms with E-state index in [2.05, 4.69) is 4.98 Å². The lowest BCUT2D eigenvalue weighted by Gasteiger charge is -1.99. The van der Waals surface area contributed by atoms with E-state index >= 15 is 0 Å². The van der Waals surface area contributed by atoms with Crippen molar-refractivity contribution in [2.75, 3.05) is 0 Å². The second-order valence-electron chi connectivity index (χ2n) is 2.89. The monoisotopic (exact) mass is 201 g/mol. The van der Waals surface area contributed by atoms with Crippen molar-refractivity contribution in [2.24, 2.45) is 0 Å². The van der Waals surface area contributed by atoms with Crippen LogP contribution in [0.3, 0.4) is 0 Å². The Labute approximate surface area is 85.6 Å². The third kappa shape index (κ3) is 1.79. The lowest BCUT2D eigenvalue weighted by molar-refractivity contribution is 0.0944. The van der Waals surface area contributed by atoms with Crippen molar-refractivity contribution in [1.29, 1.82) is 5.26 Å². The summed E-state index contributed by atoms with van der Waals surface area (Å²) in [5.41, 5.74) is 0. The van der Waals surface area contributed by atoms with Gasteiger partial charge in [0, 0.05) is 12.4 Å². The molecule has 0 aliphatic rings. The fraction of sp³-hybridized carbons (Fsp3) is 0.100. The first-order valence-corrected chi connectivity index (χ1v) is 4.29. The number of ketones is 1. The normalized spacial score (nSPS) is 9.80. The summed E-state index contributed by atoms with van der Waals surface area (Å²) in [4.78, 5) is 15.4. The highest BCUT2D eigenvalue weighted by Gasteiger charge is 2.11. The van der Waals surface area contributed by atoms with Gasteiger partial charge < -0.3 is 8.98 Å². The van der Waals surface area contributed by atoms with Crippen LogP contribution in [0.15, 0.2) is 35.2 Å². The molecule has 0 radical (unpaired) electrons. The molecular weight excluding hydrogens is 194 g/mol. The van der Waals surface area contributed by atoms with Gasteiger partial charge in [-0.1, -0.05) is 0 Å². The number of furan rings is 1. The maximum Gasteiger partial charge on any atom is 0.217 e. The van der Waals surface area contributed by atoms with Gasteiger partial charge in [0.05, 0.1) is 12.8 Å². The molecule has 74 valence electrons. The lowest BCUT2D eigenvalue weighted by atomic mass is 10.3. The minimum atomic E-state index is -0.186. The van der Waals surface area contributed by atoms with Crippen LogP contribution in [0.5, 0.6) is 0 Å². The number of hydrogen-bond donors (Lipinski definition) is 0. The Morgan fingerprint density at radius 2 is 2.53 bits per heavy atom. The van der Waals surface area contributed by atoms with Gasteiger partial charge in [-0.25, -0.2) is 4.98 Å². The first kappa shape index (κ1) is 9.21. The van der Waals surface area contributed by atoms with Crippen molar-refractivity contribution in [3.05, 3.63) is 42.4 Å². The van der Waals surface area contributed by atoms with Crippen LogP contribution in [0, 0.1) is 11.3 Å². The topological polar surface area (TPSA) is 71.8 Å². The van der Waals surface area contributed by atoms with Crippen molar-refractivity contribution >= 4 is 5.78 Å². The van der Waals surface area contributed by atoms with Crippen LogP contribution in [0.25, 0.3) is 0 Å². The number of aromatic nitrogens is 2. The fourth-order valence-electron chi connectivity index (χ4n) is 1.22. The highest BCUT2D eigenvalue weighted by Crippen LogP contribution is 2.04. The van der Waals surface area contributed by atoms with Crippen molar-refractivity contribution in [3.8, 4) is 6.07 Å². The Hall–Kier alpha value is -2.35. The molecule has 5 heteroatoms. The average Bonchev–Trinajstić information content (AvgIpc) is 2.87. The molecule has 2 rings (SSSR count). The van der Waals surface area contributed by atoms with Crippen molar-refractivity contribution in [2.45, 2.75) is 6.54 Å². The number of carbonyl (C=O) groups is 1. The van der Waals surface area contributed by atoms with Gasteiger partial charge in [-0.3, -0.25) is 4.79 Å². The van der Waals surface area contributed by atoms with E-state index < -0.39 is 0 Å². The number of nitrogens with zero attached hydrogens (tertiary/aromatic N) is 3. The van der Waals surface area contributed by atoms with Gasteiger partial charge >= 0.3 is 0 Å². The van der Waals surface area contributed by atoms with E-state index in [0.717, 1.165) is 0 Å². The maximum absolute atomic E-state index is 11.6. The molecule has 0 bridgehead atoms. The third-order valence-corrected chi connectivity index (χ3v) is 1.93. The predicted octanol–water partition coefficient (Wildman–Crippen LogP) is 1.23. The van der Waals surface area contributed by atoms with Crippen LogP contribution in [0.2, 0.25) is 0 Å². The molecule has 0 fully saturated rings. The number of imidazole rings is 1. The smallest absolute Gasteiger partial charge is 0.217 e. The van der Waals surface area contributed by atoms with Gasteiger partial charge in [-0.05, 0) is 12.1 Å². The van der Waals surface area contributed by atoms with E-state index in [4.69, 9.17) is 9.68 Å². The van der Waals surface area contributed by atoms with Gasteiger partial charge in [0.2, 0.25) is 11.6 Å². The number of rotatable bonds is 3. The number of carbonyl (C=O) groups excluding carboxylic acids is 1. The fourth-order valence-corrected chi connectivity index (χ4v) is 1.22. The van der Waals surface area contributed by atoms with Crippen LogP contribution in [0.4, 0.5) is 0 Å². The SMILES string of the molecule is N#Cc1nccn1CC(=O)c1ccco1. The molecule has 0 N–H and O–H groups in total. The van der Waals surface area contributed by atoms with E-state index in [1.54, 1.807) is 18.3 Å². The first-order chi connectivity index (χ1) is 7.31. The van der Waals surface area contributed by atoms with Crippen LogP contribution in [-0.4, -0.2) is 15.3 Å². The highest BCUT2D eigenvalue weighted by atomic mass is 16.3. The van der Waals surface area contributed by atoms with E-state index in [9.17, 15) is 4.79 Å². The molecule has 0 atom stereocenters. The van der Waals surface area contributed by atoms with E-state index in [1.165, 1.54) is 17.0 Å². The quantitative estimate of drug-likeness (QED) is 0.700. The van der Waals surface area contributed by atoms with Gasteiger partial charge in [0.15, 0.2) is 5.76 Å². The van der Waals surface area contributed by atoms with Crippen molar-refractivity contribution in [3.63, 3.8) is 0 Å². The Kier molecular flexibility index (Phi) is 2.33.